The maximum absolute atomic E-state index is 10.3. The Balaban J connectivity index is 0.909. The zero-order valence-electron chi connectivity index (χ0n) is 34.1. The molecule has 0 aliphatic heterocycles. The Kier molecular flexibility index (Phi) is 18.5. The molecule has 56 heavy (non-hydrogen) atoms. The molecule has 2 unspecified atom stereocenters. The van der Waals surface area contributed by atoms with Gasteiger partial charge in [-0.15, -0.1) is 0 Å². The highest BCUT2D eigenvalue weighted by atomic mass is 16.5. The van der Waals surface area contributed by atoms with E-state index < -0.39 is 12.2 Å². The first-order valence-electron chi connectivity index (χ1n) is 20.5. The second-order valence-corrected chi connectivity index (χ2v) is 16.0. The molecule has 4 aromatic carbocycles. The Labute approximate surface area is 335 Å². The van der Waals surface area contributed by atoms with Gasteiger partial charge >= 0.3 is 0 Å². The molecule has 0 spiro atoms. The monoisotopic (exact) mass is 770 g/mol. The molecular weight excluding hydrogens is 705 g/mol. The summed E-state index contributed by atoms with van der Waals surface area (Å²) < 4.78 is 23.0. The fourth-order valence-corrected chi connectivity index (χ4v) is 6.77. The molecule has 4 rings (SSSR count). The molecule has 0 radical (unpaired) electrons. The van der Waals surface area contributed by atoms with Gasteiger partial charge in [-0.3, -0.25) is 0 Å². The topological polar surface area (TPSA) is 118 Å². The lowest BCUT2D eigenvalue weighted by atomic mass is 9.78. The first-order valence-corrected chi connectivity index (χ1v) is 20.5. The first kappa shape index (κ1) is 44.6. The van der Waals surface area contributed by atoms with E-state index in [4.69, 9.17) is 18.9 Å². The van der Waals surface area contributed by atoms with Gasteiger partial charge in [0.25, 0.3) is 0 Å². The van der Waals surface area contributed by atoms with Gasteiger partial charge in [-0.05, 0) is 83.6 Å². The summed E-state index contributed by atoms with van der Waals surface area (Å²) in [6, 6.07) is 30.5. The molecule has 4 N–H and O–H groups in total. The molecule has 8 nitrogen and oxygen atoms in total. The molecule has 4 aromatic rings. The molecule has 2 atom stereocenters. The van der Waals surface area contributed by atoms with Crippen molar-refractivity contribution in [2.75, 3.05) is 39.6 Å². The van der Waals surface area contributed by atoms with Crippen LogP contribution in [0.5, 0.6) is 23.0 Å². The lowest BCUT2D eigenvalue weighted by molar-refractivity contribution is 0.0109. The highest BCUT2D eigenvalue weighted by Gasteiger charge is 2.24. The summed E-state index contributed by atoms with van der Waals surface area (Å²) in [6.45, 7) is 10.8. The van der Waals surface area contributed by atoms with Crippen LogP contribution in [-0.2, 0) is 20.3 Å². The number of aliphatic hydroxyl groups is 2. The number of phenolic OH excluding ortho intramolecular Hbond substituents is 2. The van der Waals surface area contributed by atoms with Crippen LogP contribution in [0, 0.1) is 0 Å². The third kappa shape index (κ3) is 15.1. The van der Waals surface area contributed by atoms with Crippen molar-refractivity contribution in [1.82, 2.24) is 0 Å². The van der Waals surface area contributed by atoms with Crippen molar-refractivity contribution >= 4 is 0 Å². The summed E-state index contributed by atoms with van der Waals surface area (Å²) in [5, 5.41) is 39.8. The quantitative estimate of drug-likeness (QED) is 0.0443. The van der Waals surface area contributed by atoms with Crippen LogP contribution in [0.4, 0.5) is 0 Å². The van der Waals surface area contributed by atoms with E-state index in [1.807, 2.05) is 72.8 Å². The van der Waals surface area contributed by atoms with Crippen LogP contribution in [0.2, 0.25) is 0 Å². The number of ether oxygens (including phenoxy) is 4. The van der Waals surface area contributed by atoms with Crippen LogP contribution in [0.15, 0.2) is 97.1 Å². The minimum Gasteiger partial charge on any atom is -0.508 e. The normalized spacial score (nSPS) is 13.0. The second-order valence-electron chi connectivity index (χ2n) is 16.0. The summed E-state index contributed by atoms with van der Waals surface area (Å²) in [4.78, 5) is 0. The van der Waals surface area contributed by atoms with Crippen LogP contribution in [0.3, 0.4) is 0 Å². The molecule has 0 amide bonds. The molecule has 0 fully saturated rings. The maximum atomic E-state index is 10.3. The van der Waals surface area contributed by atoms with Crippen molar-refractivity contribution in [2.24, 2.45) is 0 Å². The fraction of sp³-hybridized carbons (Fsp3) is 0.500. The van der Waals surface area contributed by atoms with Crippen molar-refractivity contribution in [3.05, 3.63) is 119 Å². The Bertz CT molecular complexity index is 1510. The molecule has 0 heterocycles. The van der Waals surface area contributed by atoms with Crippen LogP contribution in [0.1, 0.15) is 114 Å². The lowest BCUT2D eigenvalue weighted by Crippen LogP contribution is -2.24. The van der Waals surface area contributed by atoms with Crippen molar-refractivity contribution in [3.8, 4) is 23.0 Å². The van der Waals surface area contributed by atoms with Gasteiger partial charge in [-0.25, -0.2) is 0 Å². The zero-order chi connectivity index (χ0) is 40.2. The Morgan fingerprint density at radius 3 is 0.964 bits per heavy atom. The molecule has 8 heteroatoms. The van der Waals surface area contributed by atoms with E-state index in [9.17, 15) is 20.4 Å². The van der Waals surface area contributed by atoms with Crippen molar-refractivity contribution < 1.29 is 39.4 Å². The van der Waals surface area contributed by atoms with Crippen molar-refractivity contribution in [1.29, 1.82) is 0 Å². The van der Waals surface area contributed by atoms with E-state index in [2.05, 4.69) is 27.7 Å². The lowest BCUT2D eigenvalue weighted by Gasteiger charge is -2.26. The first-order chi connectivity index (χ1) is 26.9. The van der Waals surface area contributed by atoms with Crippen LogP contribution >= 0.6 is 0 Å². The zero-order valence-corrected chi connectivity index (χ0v) is 34.1. The number of rotatable bonds is 27. The summed E-state index contributed by atoms with van der Waals surface area (Å²) >= 11 is 0. The van der Waals surface area contributed by atoms with Gasteiger partial charge in [0, 0.05) is 24.0 Å². The second kappa shape index (κ2) is 23.2. The minimum atomic E-state index is -0.672. The average molecular weight is 771 g/mol. The van der Waals surface area contributed by atoms with E-state index in [1.54, 1.807) is 24.3 Å². The number of unbranched alkanes of at least 4 members (excludes halogenated alkanes) is 9. The molecule has 0 bridgehead atoms. The summed E-state index contributed by atoms with van der Waals surface area (Å²) in [5.41, 5.74) is 4.09. The summed E-state index contributed by atoms with van der Waals surface area (Å²) in [7, 11) is 0. The van der Waals surface area contributed by atoms with Gasteiger partial charge < -0.3 is 39.4 Å². The van der Waals surface area contributed by atoms with Gasteiger partial charge in [-0.2, -0.15) is 0 Å². The molecule has 0 aromatic heterocycles. The third-order valence-corrected chi connectivity index (χ3v) is 10.7. The predicted octanol–water partition coefficient (Wildman–Crippen LogP) is 9.86. The number of phenols is 2. The maximum Gasteiger partial charge on any atom is 0.119 e. The van der Waals surface area contributed by atoms with Gasteiger partial charge in [-0.1, -0.05) is 128 Å². The predicted molar refractivity (Wildman–Crippen MR) is 224 cm³/mol. The van der Waals surface area contributed by atoms with Crippen molar-refractivity contribution in [3.63, 3.8) is 0 Å². The smallest absolute Gasteiger partial charge is 0.119 e. The summed E-state index contributed by atoms with van der Waals surface area (Å²) in [5.74, 6) is 1.95. The fourth-order valence-electron chi connectivity index (χ4n) is 6.77. The highest BCUT2D eigenvalue weighted by molar-refractivity contribution is 5.43. The van der Waals surface area contributed by atoms with Crippen LogP contribution in [-0.4, -0.2) is 72.3 Å². The standard InChI is InChI=1S/C48H66O8/c1-47(2,37-15-23-41(49)24-16-37)39-19-27-45(28-20-39)55-35-43(51)33-53-31-13-11-9-7-5-6-8-10-12-14-32-54-34-44(52)36-56-46-29-21-40(22-30-46)48(3,4)38-17-25-42(50)26-18-38/h15-30,43-44,49-52H,5-14,31-36H2,1-4H3. The average Bonchev–Trinajstić information content (AvgIpc) is 3.19. The Hall–Kier alpha value is -4.08. The number of aromatic hydroxyl groups is 2. The Morgan fingerprint density at radius 1 is 0.393 bits per heavy atom. The molecule has 306 valence electrons. The molecule has 0 aliphatic carbocycles. The SMILES string of the molecule is CC(C)(c1ccc(O)cc1)c1ccc(OCC(O)COCCCCCCCCCCCCOCC(O)COc2ccc(C(C)(C)c3ccc(O)cc3)cc2)cc1. The van der Waals surface area contributed by atoms with Crippen LogP contribution in [0.25, 0.3) is 0 Å². The number of hydrogen-bond acceptors (Lipinski definition) is 8. The molecule has 0 saturated heterocycles. The van der Waals surface area contributed by atoms with Gasteiger partial charge in [0.05, 0.1) is 13.2 Å². The van der Waals surface area contributed by atoms with E-state index in [0.717, 1.165) is 47.9 Å². The Morgan fingerprint density at radius 2 is 0.661 bits per heavy atom. The molecule has 0 aliphatic rings. The van der Waals surface area contributed by atoms with Gasteiger partial charge in [0.1, 0.15) is 48.4 Å². The number of benzene rings is 4. The number of aliphatic hydroxyl groups excluding tert-OH is 2. The largest absolute Gasteiger partial charge is 0.508 e. The number of hydrogen-bond donors (Lipinski definition) is 4. The van der Waals surface area contributed by atoms with E-state index in [1.165, 1.54) is 38.5 Å². The molecule has 0 saturated carbocycles. The van der Waals surface area contributed by atoms with Gasteiger partial charge in [0.2, 0.25) is 0 Å². The highest BCUT2D eigenvalue weighted by Crippen LogP contribution is 2.34. The van der Waals surface area contributed by atoms with Crippen LogP contribution < -0.4 is 9.47 Å². The third-order valence-electron chi connectivity index (χ3n) is 10.7. The van der Waals surface area contributed by atoms with Gasteiger partial charge in [0.15, 0.2) is 0 Å². The van der Waals surface area contributed by atoms with E-state index in [0.29, 0.717) is 24.7 Å². The summed E-state index contributed by atoms with van der Waals surface area (Å²) in [6.07, 6.45) is 10.4. The van der Waals surface area contributed by atoms with E-state index in [-0.39, 0.29) is 48.8 Å². The minimum absolute atomic E-state index is 0.188. The van der Waals surface area contributed by atoms with Crippen molar-refractivity contribution in [2.45, 2.75) is 115 Å². The molecular formula is C48H66O8. The van der Waals surface area contributed by atoms with E-state index >= 15 is 0 Å².